The average Bonchev–Trinajstić information content (AvgIpc) is 2.77. The Morgan fingerprint density at radius 2 is 1.65 bits per heavy atom. The number of carbonyl (C=O) groups excluding carboxylic acids is 2. The number of hydrogen-bond acceptors (Lipinski definition) is 6. The van der Waals surface area contributed by atoms with E-state index in [2.05, 4.69) is 0 Å². The van der Waals surface area contributed by atoms with Crippen LogP contribution < -0.4 is 0 Å². The molecule has 3 aromatic carbocycles. The van der Waals surface area contributed by atoms with Gasteiger partial charge in [0, 0.05) is 25.6 Å². The Morgan fingerprint density at radius 3 is 2.32 bits per heavy atom. The van der Waals surface area contributed by atoms with Crippen LogP contribution >= 0.6 is 11.8 Å². The van der Waals surface area contributed by atoms with Crippen molar-refractivity contribution in [3.05, 3.63) is 77.9 Å². The molecule has 0 unspecified atom stereocenters. The lowest BCUT2D eigenvalue weighted by Crippen LogP contribution is -2.33. The van der Waals surface area contributed by atoms with Gasteiger partial charge in [0.05, 0.1) is 17.3 Å². The standard InChI is InChI=1S/C23H23NO5S2/c1-17(26)30-16-23(27)19-9-11-21(12-10-19)31(28,29)24(13-14-25)15-20-7-4-6-18-5-2-3-8-22(18)20/h2-12,25H,13-16H2,1H3. The molecule has 3 rings (SSSR count). The quantitative estimate of drug-likeness (QED) is 0.495. The topological polar surface area (TPSA) is 91.8 Å². The third kappa shape index (κ3) is 5.59. The van der Waals surface area contributed by atoms with E-state index in [1.165, 1.54) is 35.5 Å². The normalized spacial score (nSPS) is 11.7. The lowest BCUT2D eigenvalue weighted by Gasteiger charge is -2.22. The fourth-order valence-corrected chi connectivity index (χ4v) is 5.14. The predicted molar refractivity (Wildman–Crippen MR) is 123 cm³/mol. The maximum atomic E-state index is 13.2. The number of hydrogen-bond donors (Lipinski definition) is 1. The van der Waals surface area contributed by atoms with Crippen LogP contribution in [-0.4, -0.2) is 47.6 Å². The molecule has 0 spiro atoms. The molecule has 0 heterocycles. The highest BCUT2D eigenvalue weighted by Crippen LogP contribution is 2.24. The van der Waals surface area contributed by atoms with Crippen LogP contribution in [0.25, 0.3) is 10.8 Å². The minimum Gasteiger partial charge on any atom is -0.395 e. The minimum atomic E-state index is -3.90. The summed E-state index contributed by atoms with van der Waals surface area (Å²) in [6.07, 6.45) is 0. The summed E-state index contributed by atoms with van der Waals surface area (Å²) in [7, 11) is -3.90. The highest BCUT2D eigenvalue weighted by atomic mass is 32.2. The fraction of sp³-hybridized carbons (Fsp3) is 0.217. The van der Waals surface area contributed by atoms with Crippen LogP contribution in [0, 0.1) is 0 Å². The number of fused-ring (bicyclic) bond motifs is 1. The Morgan fingerprint density at radius 1 is 0.968 bits per heavy atom. The van der Waals surface area contributed by atoms with Crippen molar-refractivity contribution in [1.29, 1.82) is 0 Å². The second-order valence-corrected chi connectivity index (χ2v) is 10.0. The molecule has 1 N–H and O–H groups in total. The van der Waals surface area contributed by atoms with Gasteiger partial charge in [-0.2, -0.15) is 4.31 Å². The van der Waals surface area contributed by atoms with E-state index in [9.17, 15) is 23.1 Å². The second kappa shape index (κ2) is 10.2. The lowest BCUT2D eigenvalue weighted by molar-refractivity contribution is -0.109. The van der Waals surface area contributed by atoms with E-state index in [-0.39, 0.29) is 41.2 Å². The van der Waals surface area contributed by atoms with Crippen molar-refractivity contribution in [3.8, 4) is 0 Å². The molecule has 0 bridgehead atoms. The van der Waals surface area contributed by atoms with E-state index >= 15 is 0 Å². The van der Waals surface area contributed by atoms with Crippen molar-refractivity contribution in [2.75, 3.05) is 18.9 Å². The van der Waals surface area contributed by atoms with Gasteiger partial charge in [-0.25, -0.2) is 8.42 Å². The molecule has 0 saturated heterocycles. The Balaban J connectivity index is 1.86. The summed E-state index contributed by atoms with van der Waals surface area (Å²) >= 11 is 0.915. The summed E-state index contributed by atoms with van der Waals surface area (Å²) in [5.74, 6) is -0.230. The van der Waals surface area contributed by atoms with Crippen LogP contribution in [0.3, 0.4) is 0 Å². The van der Waals surface area contributed by atoms with Gasteiger partial charge in [0.1, 0.15) is 0 Å². The van der Waals surface area contributed by atoms with E-state index < -0.39 is 10.0 Å². The summed E-state index contributed by atoms with van der Waals surface area (Å²) in [6, 6.07) is 19.1. The number of nitrogens with zero attached hydrogens (tertiary/aromatic N) is 1. The number of aliphatic hydroxyl groups is 1. The summed E-state index contributed by atoms with van der Waals surface area (Å²) in [5, 5.41) is 11.3. The molecule has 0 amide bonds. The first-order valence-corrected chi connectivity index (χ1v) is 12.1. The molecule has 6 nitrogen and oxygen atoms in total. The second-order valence-electron chi connectivity index (χ2n) is 6.93. The first-order valence-electron chi connectivity index (χ1n) is 9.67. The number of ketones is 1. The number of thioether (sulfide) groups is 1. The largest absolute Gasteiger partial charge is 0.395 e. The summed E-state index contributed by atoms with van der Waals surface area (Å²) < 4.78 is 27.7. The molecule has 8 heteroatoms. The molecule has 0 atom stereocenters. The maximum Gasteiger partial charge on any atom is 0.243 e. The zero-order valence-corrected chi connectivity index (χ0v) is 18.7. The van der Waals surface area contributed by atoms with Gasteiger partial charge in [0.2, 0.25) is 10.0 Å². The third-order valence-corrected chi connectivity index (χ3v) is 7.47. The number of sulfonamides is 1. The van der Waals surface area contributed by atoms with E-state index in [0.717, 1.165) is 28.1 Å². The first kappa shape index (κ1) is 23.1. The van der Waals surface area contributed by atoms with Gasteiger partial charge in [0.25, 0.3) is 0 Å². The Bertz CT molecular complexity index is 1180. The van der Waals surface area contributed by atoms with Gasteiger partial charge in [-0.3, -0.25) is 9.59 Å². The number of carbonyl (C=O) groups is 2. The molecule has 3 aromatic rings. The Hall–Kier alpha value is -2.52. The molecular weight excluding hydrogens is 434 g/mol. The molecule has 0 aliphatic rings. The molecule has 0 aromatic heterocycles. The van der Waals surface area contributed by atoms with Crippen LogP contribution in [0.2, 0.25) is 0 Å². The highest BCUT2D eigenvalue weighted by Gasteiger charge is 2.25. The van der Waals surface area contributed by atoms with Crippen molar-refractivity contribution < 1.29 is 23.1 Å². The van der Waals surface area contributed by atoms with E-state index in [0.29, 0.717) is 5.56 Å². The highest BCUT2D eigenvalue weighted by molar-refractivity contribution is 8.14. The minimum absolute atomic E-state index is 0.0130. The number of Topliss-reactive ketones (excluding diaryl/α,β-unsaturated/α-hetero) is 1. The molecule has 0 aliphatic heterocycles. The van der Waals surface area contributed by atoms with Crippen LogP contribution in [0.5, 0.6) is 0 Å². The predicted octanol–water partition coefficient (Wildman–Crippen LogP) is 3.49. The van der Waals surface area contributed by atoms with Gasteiger partial charge in [-0.15, -0.1) is 0 Å². The van der Waals surface area contributed by atoms with Crippen molar-refractivity contribution in [1.82, 2.24) is 4.31 Å². The summed E-state index contributed by atoms with van der Waals surface area (Å²) in [4.78, 5) is 23.2. The Labute approximate surface area is 185 Å². The van der Waals surface area contributed by atoms with Gasteiger partial charge in [-0.1, -0.05) is 66.4 Å². The molecule has 0 saturated carbocycles. The van der Waals surface area contributed by atoms with Gasteiger partial charge in [0.15, 0.2) is 10.9 Å². The van der Waals surface area contributed by atoms with Crippen LogP contribution in [-0.2, 0) is 21.4 Å². The van der Waals surface area contributed by atoms with Crippen molar-refractivity contribution in [3.63, 3.8) is 0 Å². The average molecular weight is 458 g/mol. The zero-order valence-electron chi connectivity index (χ0n) is 17.0. The molecule has 31 heavy (non-hydrogen) atoms. The van der Waals surface area contributed by atoms with Crippen LogP contribution in [0.15, 0.2) is 71.6 Å². The first-order chi connectivity index (χ1) is 14.8. The molecule has 162 valence electrons. The van der Waals surface area contributed by atoms with E-state index in [1.807, 2.05) is 42.5 Å². The molecular formula is C23H23NO5S2. The zero-order chi connectivity index (χ0) is 22.4. The monoisotopic (exact) mass is 457 g/mol. The SMILES string of the molecule is CC(=O)SCC(=O)c1ccc(S(=O)(=O)N(CCO)Cc2cccc3ccccc23)cc1. The van der Waals surface area contributed by atoms with E-state index in [4.69, 9.17) is 0 Å². The van der Waals surface area contributed by atoms with Gasteiger partial charge in [-0.05, 0) is 28.5 Å². The number of rotatable bonds is 9. The van der Waals surface area contributed by atoms with E-state index in [1.54, 1.807) is 0 Å². The fourth-order valence-electron chi connectivity index (χ4n) is 3.23. The lowest BCUT2D eigenvalue weighted by atomic mass is 10.0. The van der Waals surface area contributed by atoms with Gasteiger partial charge < -0.3 is 5.11 Å². The van der Waals surface area contributed by atoms with Crippen molar-refractivity contribution >= 4 is 43.5 Å². The van der Waals surface area contributed by atoms with Crippen LogP contribution in [0.4, 0.5) is 0 Å². The summed E-state index contributed by atoms with van der Waals surface area (Å²) in [6.45, 7) is 1.13. The van der Waals surface area contributed by atoms with Crippen LogP contribution in [0.1, 0.15) is 22.8 Å². The molecule has 0 radical (unpaired) electrons. The van der Waals surface area contributed by atoms with Crippen molar-refractivity contribution in [2.45, 2.75) is 18.4 Å². The summed E-state index contributed by atoms with van der Waals surface area (Å²) in [5.41, 5.74) is 1.18. The van der Waals surface area contributed by atoms with Gasteiger partial charge >= 0.3 is 0 Å². The number of benzene rings is 3. The Kier molecular flexibility index (Phi) is 7.61. The third-order valence-electron chi connectivity index (χ3n) is 4.80. The maximum absolute atomic E-state index is 13.2. The smallest absolute Gasteiger partial charge is 0.243 e. The number of aliphatic hydroxyl groups excluding tert-OH is 1. The molecule has 0 fully saturated rings. The molecule has 0 aliphatic carbocycles. The van der Waals surface area contributed by atoms with Crippen molar-refractivity contribution in [2.24, 2.45) is 0 Å².